The van der Waals surface area contributed by atoms with E-state index in [9.17, 15) is 4.79 Å². The van der Waals surface area contributed by atoms with Gasteiger partial charge in [0.15, 0.2) is 11.5 Å². The summed E-state index contributed by atoms with van der Waals surface area (Å²) in [5.74, 6) is 1.24. The molecule has 25 heavy (non-hydrogen) atoms. The minimum Gasteiger partial charge on any atom is -0.493 e. The molecule has 0 spiro atoms. The van der Waals surface area contributed by atoms with E-state index in [-0.39, 0.29) is 11.9 Å². The van der Waals surface area contributed by atoms with Crippen LogP contribution in [0.1, 0.15) is 36.3 Å². The molecule has 0 saturated carbocycles. The standard InChI is InChI=1S/C19H25N3O3/c1-5-13(2)22-19(23)16-8-7-15(12-21-16)20-11-14-6-9-17(24-3)18(10-14)25-4/h6-10,12-13,20H,5,11H2,1-4H3,(H,22,23). The van der Waals surface area contributed by atoms with Gasteiger partial charge in [-0.25, -0.2) is 4.98 Å². The lowest BCUT2D eigenvalue weighted by Gasteiger charge is -2.12. The molecule has 0 bridgehead atoms. The van der Waals surface area contributed by atoms with Gasteiger partial charge in [-0.15, -0.1) is 0 Å². The third-order valence-corrected chi connectivity index (χ3v) is 3.93. The molecule has 2 rings (SSSR count). The molecule has 1 atom stereocenters. The zero-order chi connectivity index (χ0) is 18.2. The topological polar surface area (TPSA) is 72.5 Å². The predicted octanol–water partition coefficient (Wildman–Crippen LogP) is 3.24. The van der Waals surface area contributed by atoms with Crippen LogP contribution in [0.15, 0.2) is 36.5 Å². The Labute approximate surface area is 148 Å². The van der Waals surface area contributed by atoms with Crippen molar-refractivity contribution in [1.29, 1.82) is 0 Å². The number of amides is 1. The van der Waals surface area contributed by atoms with E-state index in [0.717, 1.165) is 17.7 Å². The van der Waals surface area contributed by atoms with Crippen LogP contribution in [0, 0.1) is 0 Å². The summed E-state index contributed by atoms with van der Waals surface area (Å²) < 4.78 is 10.5. The molecular weight excluding hydrogens is 318 g/mol. The van der Waals surface area contributed by atoms with E-state index in [0.29, 0.717) is 23.7 Å². The third-order valence-electron chi connectivity index (χ3n) is 3.93. The molecule has 6 heteroatoms. The lowest BCUT2D eigenvalue weighted by Crippen LogP contribution is -2.32. The summed E-state index contributed by atoms with van der Waals surface area (Å²) in [6.45, 7) is 4.61. The number of rotatable bonds is 8. The minimum atomic E-state index is -0.152. The quantitative estimate of drug-likeness (QED) is 0.770. The second-order valence-corrected chi connectivity index (χ2v) is 5.76. The van der Waals surface area contributed by atoms with Crippen LogP contribution < -0.4 is 20.1 Å². The summed E-state index contributed by atoms with van der Waals surface area (Å²) in [7, 11) is 3.22. The van der Waals surface area contributed by atoms with E-state index in [1.54, 1.807) is 26.5 Å². The second kappa shape index (κ2) is 8.92. The maximum absolute atomic E-state index is 12.0. The van der Waals surface area contributed by atoms with Crippen LogP contribution in [0.4, 0.5) is 5.69 Å². The molecule has 1 aromatic carbocycles. The number of carbonyl (C=O) groups excluding carboxylic acids is 1. The van der Waals surface area contributed by atoms with Crippen LogP contribution >= 0.6 is 0 Å². The summed E-state index contributed by atoms with van der Waals surface area (Å²) in [5, 5.41) is 6.18. The maximum Gasteiger partial charge on any atom is 0.270 e. The molecule has 0 aliphatic rings. The summed E-state index contributed by atoms with van der Waals surface area (Å²) >= 11 is 0. The summed E-state index contributed by atoms with van der Waals surface area (Å²) in [4.78, 5) is 16.2. The zero-order valence-corrected chi connectivity index (χ0v) is 15.1. The number of pyridine rings is 1. The van der Waals surface area contributed by atoms with E-state index in [1.807, 2.05) is 38.1 Å². The van der Waals surface area contributed by atoms with Crippen molar-refractivity contribution < 1.29 is 14.3 Å². The molecule has 0 radical (unpaired) electrons. The van der Waals surface area contributed by atoms with Crippen LogP contribution in [0.5, 0.6) is 11.5 Å². The first-order valence-electron chi connectivity index (χ1n) is 8.29. The highest BCUT2D eigenvalue weighted by Gasteiger charge is 2.10. The van der Waals surface area contributed by atoms with Crippen molar-refractivity contribution in [2.75, 3.05) is 19.5 Å². The SMILES string of the molecule is CCC(C)NC(=O)c1ccc(NCc2ccc(OC)c(OC)c2)cn1. The van der Waals surface area contributed by atoms with Gasteiger partial charge in [-0.05, 0) is 43.2 Å². The van der Waals surface area contributed by atoms with Crippen LogP contribution in [0.2, 0.25) is 0 Å². The van der Waals surface area contributed by atoms with E-state index >= 15 is 0 Å². The Balaban J connectivity index is 1.96. The van der Waals surface area contributed by atoms with Crippen molar-refractivity contribution in [3.63, 3.8) is 0 Å². The van der Waals surface area contributed by atoms with Crippen molar-refractivity contribution >= 4 is 11.6 Å². The number of ether oxygens (including phenoxy) is 2. The van der Waals surface area contributed by atoms with Crippen LogP contribution in [0.25, 0.3) is 0 Å². The van der Waals surface area contributed by atoms with E-state index in [4.69, 9.17) is 9.47 Å². The van der Waals surface area contributed by atoms with Crippen molar-refractivity contribution in [3.8, 4) is 11.5 Å². The third kappa shape index (κ3) is 5.11. The first-order chi connectivity index (χ1) is 12.1. The molecule has 0 aliphatic heterocycles. The van der Waals surface area contributed by atoms with Gasteiger partial charge in [-0.1, -0.05) is 13.0 Å². The highest BCUT2D eigenvalue weighted by atomic mass is 16.5. The van der Waals surface area contributed by atoms with Crippen molar-refractivity contribution in [1.82, 2.24) is 10.3 Å². The number of anilines is 1. The Morgan fingerprint density at radius 3 is 2.52 bits per heavy atom. The Morgan fingerprint density at radius 2 is 1.92 bits per heavy atom. The summed E-state index contributed by atoms with van der Waals surface area (Å²) in [6.07, 6.45) is 2.54. The van der Waals surface area contributed by atoms with Gasteiger partial charge < -0.3 is 20.1 Å². The van der Waals surface area contributed by atoms with E-state index in [1.165, 1.54) is 0 Å². The monoisotopic (exact) mass is 343 g/mol. The second-order valence-electron chi connectivity index (χ2n) is 5.76. The molecule has 1 aromatic heterocycles. The molecular formula is C19H25N3O3. The molecule has 0 fully saturated rings. The smallest absolute Gasteiger partial charge is 0.270 e. The van der Waals surface area contributed by atoms with Gasteiger partial charge in [0.2, 0.25) is 0 Å². The molecule has 2 N–H and O–H groups in total. The largest absolute Gasteiger partial charge is 0.493 e. The van der Waals surface area contributed by atoms with Crippen LogP contribution in [0.3, 0.4) is 0 Å². The first kappa shape index (κ1) is 18.6. The summed E-state index contributed by atoms with van der Waals surface area (Å²) in [6, 6.07) is 9.46. The number of nitrogens with one attached hydrogen (secondary N) is 2. The van der Waals surface area contributed by atoms with Crippen molar-refractivity contribution in [3.05, 3.63) is 47.8 Å². The number of methoxy groups -OCH3 is 2. The number of hydrogen-bond acceptors (Lipinski definition) is 5. The maximum atomic E-state index is 12.0. The Morgan fingerprint density at radius 1 is 1.16 bits per heavy atom. The number of hydrogen-bond donors (Lipinski definition) is 2. The number of benzene rings is 1. The fourth-order valence-corrected chi connectivity index (χ4v) is 2.23. The first-order valence-corrected chi connectivity index (χ1v) is 8.29. The van der Waals surface area contributed by atoms with Gasteiger partial charge in [0.1, 0.15) is 5.69 Å². The van der Waals surface area contributed by atoms with Gasteiger partial charge in [0.05, 0.1) is 26.1 Å². The number of aromatic nitrogens is 1. The van der Waals surface area contributed by atoms with Gasteiger partial charge in [0, 0.05) is 12.6 Å². The van der Waals surface area contributed by atoms with E-state index < -0.39 is 0 Å². The molecule has 1 unspecified atom stereocenters. The fraction of sp³-hybridized carbons (Fsp3) is 0.368. The van der Waals surface area contributed by atoms with Crippen molar-refractivity contribution in [2.45, 2.75) is 32.9 Å². The molecule has 2 aromatic rings. The van der Waals surface area contributed by atoms with Crippen LogP contribution in [-0.2, 0) is 6.54 Å². The van der Waals surface area contributed by atoms with Crippen LogP contribution in [-0.4, -0.2) is 31.2 Å². The zero-order valence-electron chi connectivity index (χ0n) is 15.1. The fourth-order valence-electron chi connectivity index (χ4n) is 2.23. The number of carbonyl (C=O) groups is 1. The number of nitrogens with zero attached hydrogens (tertiary/aromatic N) is 1. The lowest BCUT2D eigenvalue weighted by molar-refractivity contribution is 0.0934. The van der Waals surface area contributed by atoms with Gasteiger partial charge in [-0.2, -0.15) is 0 Å². The Kier molecular flexibility index (Phi) is 6.62. The van der Waals surface area contributed by atoms with Gasteiger partial charge in [0.25, 0.3) is 5.91 Å². The molecule has 1 amide bonds. The highest BCUT2D eigenvalue weighted by molar-refractivity contribution is 5.92. The average molecular weight is 343 g/mol. The molecule has 6 nitrogen and oxygen atoms in total. The van der Waals surface area contributed by atoms with E-state index in [2.05, 4.69) is 15.6 Å². The van der Waals surface area contributed by atoms with Gasteiger partial charge >= 0.3 is 0 Å². The predicted molar refractivity (Wildman–Crippen MR) is 98.3 cm³/mol. The minimum absolute atomic E-state index is 0.136. The molecule has 0 aliphatic carbocycles. The molecule has 1 heterocycles. The Bertz CT molecular complexity index is 702. The Hall–Kier alpha value is -2.76. The lowest BCUT2D eigenvalue weighted by atomic mass is 10.2. The normalized spacial score (nSPS) is 11.5. The molecule has 0 saturated heterocycles. The van der Waals surface area contributed by atoms with Crippen molar-refractivity contribution in [2.24, 2.45) is 0 Å². The van der Waals surface area contributed by atoms with Gasteiger partial charge in [-0.3, -0.25) is 4.79 Å². The molecule has 134 valence electrons. The highest BCUT2D eigenvalue weighted by Crippen LogP contribution is 2.27. The summed E-state index contributed by atoms with van der Waals surface area (Å²) in [5.41, 5.74) is 2.31. The average Bonchev–Trinajstić information content (AvgIpc) is 2.66.